The van der Waals surface area contributed by atoms with Crippen LogP contribution in [0.2, 0.25) is 0 Å². The van der Waals surface area contributed by atoms with Crippen molar-refractivity contribution in [3.8, 4) is 0 Å². The third kappa shape index (κ3) is 3.48. The Bertz CT molecular complexity index is 403. The number of hydrogen-bond acceptors (Lipinski definition) is 4. The number of piperidine rings is 1. The fraction of sp³-hybridized carbons (Fsp3) is 0.800. The van der Waals surface area contributed by atoms with Crippen LogP contribution in [0.25, 0.3) is 0 Å². The molecule has 1 saturated heterocycles. The van der Waals surface area contributed by atoms with E-state index in [1.54, 1.807) is 0 Å². The first-order valence-electron chi connectivity index (χ1n) is 7.65. The molecule has 2 aliphatic rings. The molecule has 3 rings (SSSR count). The Balaban J connectivity index is 1.51. The topological polar surface area (TPSA) is 28.2 Å². The minimum absolute atomic E-state index is 0.770. The first kappa shape index (κ1) is 13.4. The largest absolute Gasteiger partial charge is 0.348 e. The molecule has 0 radical (unpaired) electrons. The van der Waals surface area contributed by atoms with Gasteiger partial charge in [-0.1, -0.05) is 13.8 Å². The summed E-state index contributed by atoms with van der Waals surface area (Å²) in [6.45, 7) is 8.03. The standard InChI is InChI=1S/C15H25N3S/c1-11(2)12-5-7-18(8-6-12)15-17-14(10-19-15)9-16-13-3-4-13/h10-13,16H,3-9H2,1-2H3. The summed E-state index contributed by atoms with van der Waals surface area (Å²) in [6, 6.07) is 0.770. The molecule has 0 unspecified atom stereocenters. The number of anilines is 1. The fourth-order valence-corrected chi connectivity index (χ4v) is 3.70. The molecule has 0 atom stereocenters. The van der Waals surface area contributed by atoms with Gasteiger partial charge in [0.2, 0.25) is 0 Å². The maximum Gasteiger partial charge on any atom is 0.185 e. The van der Waals surface area contributed by atoms with Gasteiger partial charge in [-0.05, 0) is 37.5 Å². The number of rotatable bonds is 5. The van der Waals surface area contributed by atoms with E-state index >= 15 is 0 Å². The van der Waals surface area contributed by atoms with Crippen LogP contribution in [0, 0.1) is 11.8 Å². The normalized spacial score (nSPS) is 21.3. The quantitative estimate of drug-likeness (QED) is 0.896. The predicted octanol–water partition coefficient (Wildman–Crippen LogP) is 3.27. The molecular formula is C15H25N3S. The van der Waals surface area contributed by atoms with Crippen molar-refractivity contribution in [1.82, 2.24) is 10.3 Å². The third-order valence-electron chi connectivity index (χ3n) is 4.44. The van der Waals surface area contributed by atoms with Gasteiger partial charge in [0.05, 0.1) is 5.69 Å². The van der Waals surface area contributed by atoms with Crippen molar-refractivity contribution >= 4 is 16.5 Å². The van der Waals surface area contributed by atoms with E-state index in [9.17, 15) is 0 Å². The Morgan fingerprint density at radius 1 is 1.32 bits per heavy atom. The highest BCUT2D eigenvalue weighted by molar-refractivity contribution is 7.13. The van der Waals surface area contributed by atoms with Crippen molar-refractivity contribution in [1.29, 1.82) is 0 Å². The molecule has 106 valence electrons. The van der Waals surface area contributed by atoms with Crippen molar-refractivity contribution in [2.24, 2.45) is 11.8 Å². The van der Waals surface area contributed by atoms with E-state index in [0.717, 1.165) is 24.4 Å². The lowest BCUT2D eigenvalue weighted by molar-refractivity contribution is 0.311. The molecule has 1 saturated carbocycles. The van der Waals surface area contributed by atoms with Crippen LogP contribution in [0.15, 0.2) is 5.38 Å². The van der Waals surface area contributed by atoms with E-state index < -0.39 is 0 Å². The molecular weight excluding hydrogens is 254 g/mol. The highest BCUT2D eigenvalue weighted by Crippen LogP contribution is 2.29. The molecule has 1 aliphatic carbocycles. The summed E-state index contributed by atoms with van der Waals surface area (Å²) in [6.07, 6.45) is 5.35. The lowest BCUT2D eigenvalue weighted by Gasteiger charge is -2.33. The van der Waals surface area contributed by atoms with E-state index in [1.807, 2.05) is 11.3 Å². The van der Waals surface area contributed by atoms with Crippen molar-refractivity contribution in [3.05, 3.63) is 11.1 Å². The molecule has 1 N–H and O–H groups in total. The van der Waals surface area contributed by atoms with Gasteiger partial charge in [-0.25, -0.2) is 4.98 Å². The van der Waals surface area contributed by atoms with Crippen LogP contribution in [0.3, 0.4) is 0 Å². The van der Waals surface area contributed by atoms with Gasteiger partial charge >= 0.3 is 0 Å². The molecule has 1 aliphatic heterocycles. The predicted molar refractivity (Wildman–Crippen MR) is 81.8 cm³/mol. The van der Waals surface area contributed by atoms with Crippen LogP contribution in [0.4, 0.5) is 5.13 Å². The van der Waals surface area contributed by atoms with Gasteiger partial charge in [0.25, 0.3) is 0 Å². The van der Waals surface area contributed by atoms with Crippen LogP contribution >= 0.6 is 11.3 Å². The average Bonchev–Trinajstić information content (AvgIpc) is 3.13. The van der Waals surface area contributed by atoms with E-state index in [1.165, 1.54) is 49.6 Å². The summed E-state index contributed by atoms with van der Waals surface area (Å²) >= 11 is 1.81. The Kier molecular flexibility index (Phi) is 4.08. The Morgan fingerprint density at radius 2 is 2.05 bits per heavy atom. The van der Waals surface area contributed by atoms with Crippen LogP contribution in [-0.2, 0) is 6.54 Å². The SMILES string of the molecule is CC(C)C1CCN(c2nc(CNC3CC3)cs2)CC1. The smallest absolute Gasteiger partial charge is 0.185 e. The van der Waals surface area contributed by atoms with E-state index in [0.29, 0.717) is 0 Å². The molecule has 1 aromatic rings. The summed E-state index contributed by atoms with van der Waals surface area (Å²) in [5.41, 5.74) is 1.22. The van der Waals surface area contributed by atoms with E-state index in [4.69, 9.17) is 4.98 Å². The molecule has 0 bridgehead atoms. The van der Waals surface area contributed by atoms with Gasteiger partial charge in [-0.3, -0.25) is 0 Å². The second-order valence-electron chi connectivity index (χ2n) is 6.35. The van der Waals surface area contributed by atoms with Gasteiger partial charge in [-0.15, -0.1) is 11.3 Å². The molecule has 0 spiro atoms. The molecule has 19 heavy (non-hydrogen) atoms. The minimum Gasteiger partial charge on any atom is -0.348 e. The Morgan fingerprint density at radius 3 is 2.68 bits per heavy atom. The second kappa shape index (κ2) is 5.80. The second-order valence-corrected chi connectivity index (χ2v) is 7.18. The van der Waals surface area contributed by atoms with Gasteiger partial charge in [0, 0.05) is 31.1 Å². The van der Waals surface area contributed by atoms with Crippen molar-refractivity contribution < 1.29 is 0 Å². The van der Waals surface area contributed by atoms with Gasteiger partial charge < -0.3 is 10.2 Å². The Labute approximate surface area is 120 Å². The maximum atomic E-state index is 4.79. The summed E-state index contributed by atoms with van der Waals surface area (Å²) < 4.78 is 0. The van der Waals surface area contributed by atoms with Crippen LogP contribution in [0.1, 0.15) is 45.2 Å². The van der Waals surface area contributed by atoms with Crippen LogP contribution in [-0.4, -0.2) is 24.1 Å². The maximum absolute atomic E-state index is 4.79. The molecule has 3 nitrogen and oxygen atoms in total. The highest BCUT2D eigenvalue weighted by Gasteiger charge is 2.24. The molecule has 4 heteroatoms. The van der Waals surface area contributed by atoms with E-state index in [-0.39, 0.29) is 0 Å². The molecule has 0 aromatic carbocycles. The number of nitrogens with zero attached hydrogens (tertiary/aromatic N) is 2. The summed E-state index contributed by atoms with van der Waals surface area (Å²) in [5, 5.41) is 6.99. The fourth-order valence-electron chi connectivity index (χ4n) is 2.82. The number of thiazole rings is 1. The molecule has 0 amide bonds. The first-order chi connectivity index (χ1) is 9.22. The van der Waals surface area contributed by atoms with Crippen molar-refractivity contribution in [2.45, 2.75) is 52.1 Å². The van der Waals surface area contributed by atoms with Gasteiger partial charge in [-0.2, -0.15) is 0 Å². The van der Waals surface area contributed by atoms with Crippen LogP contribution in [0.5, 0.6) is 0 Å². The third-order valence-corrected chi connectivity index (χ3v) is 5.39. The van der Waals surface area contributed by atoms with Gasteiger partial charge in [0.1, 0.15) is 0 Å². The van der Waals surface area contributed by atoms with Crippen molar-refractivity contribution in [2.75, 3.05) is 18.0 Å². The summed E-state index contributed by atoms with van der Waals surface area (Å²) in [7, 11) is 0. The summed E-state index contributed by atoms with van der Waals surface area (Å²) in [5.74, 6) is 1.74. The molecule has 1 aromatic heterocycles. The first-order valence-corrected chi connectivity index (χ1v) is 8.53. The van der Waals surface area contributed by atoms with E-state index in [2.05, 4.69) is 29.4 Å². The average molecular weight is 279 g/mol. The zero-order chi connectivity index (χ0) is 13.2. The lowest BCUT2D eigenvalue weighted by Crippen LogP contribution is -2.35. The van der Waals surface area contributed by atoms with Crippen molar-refractivity contribution in [3.63, 3.8) is 0 Å². The zero-order valence-corrected chi connectivity index (χ0v) is 12.9. The molecule has 2 heterocycles. The highest BCUT2D eigenvalue weighted by atomic mass is 32.1. The molecule has 2 fully saturated rings. The monoisotopic (exact) mass is 279 g/mol. The number of nitrogens with one attached hydrogen (secondary N) is 1. The minimum atomic E-state index is 0.770. The lowest BCUT2D eigenvalue weighted by atomic mass is 9.87. The Hall–Kier alpha value is -0.610. The summed E-state index contributed by atoms with van der Waals surface area (Å²) in [4.78, 5) is 7.26. The number of aromatic nitrogens is 1. The number of hydrogen-bond donors (Lipinski definition) is 1. The van der Waals surface area contributed by atoms with Crippen LogP contribution < -0.4 is 10.2 Å². The zero-order valence-electron chi connectivity index (χ0n) is 12.1. The van der Waals surface area contributed by atoms with Gasteiger partial charge in [0.15, 0.2) is 5.13 Å².